The molecule has 0 spiro atoms. The average molecular weight is 349 g/mol. The molecule has 0 radical (unpaired) electrons. The third-order valence-electron chi connectivity index (χ3n) is 4.64. The molecule has 6 heteroatoms. The van der Waals surface area contributed by atoms with E-state index in [1.165, 1.54) is 12.5 Å². The molecule has 1 aliphatic rings. The third kappa shape index (κ3) is 3.13. The molecular formula is C20H19N3O3. The van der Waals surface area contributed by atoms with E-state index in [0.29, 0.717) is 30.9 Å². The number of rotatable bonds is 5. The van der Waals surface area contributed by atoms with Crippen molar-refractivity contribution in [1.82, 2.24) is 14.8 Å². The van der Waals surface area contributed by atoms with E-state index in [1.54, 1.807) is 6.07 Å². The minimum absolute atomic E-state index is 0.0207. The number of amides is 2. The Morgan fingerprint density at radius 1 is 1.15 bits per heavy atom. The fraction of sp³-hybridized carbons (Fsp3) is 0.200. The molecule has 1 aromatic carbocycles. The van der Waals surface area contributed by atoms with Gasteiger partial charge >= 0.3 is 0 Å². The lowest BCUT2D eigenvalue weighted by atomic mass is 10.1. The molecule has 0 saturated heterocycles. The van der Waals surface area contributed by atoms with E-state index in [1.807, 2.05) is 58.1 Å². The van der Waals surface area contributed by atoms with Crippen molar-refractivity contribution in [1.29, 1.82) is 0 Å². The molecule has 1 unspecified atom stereocenters. The molecule has 0 aliphatic carbocycles. The number of fused-ring (bicyclic) bond motifs is 1. The summed E-state index contributed by atoms with van der Waals surface area (Å²) in [5.74, 6) is -0.225. The zero-order valence-corrected chi connectivity index (χ0v) is 14.2. The van der Waals surface area contributed by atoms with Crippen molar-refractivity contribution in [2.45, 2.75) is 19.1 Å². The molecule has 0 fully saturated rings. The predicted molar refractivity (Wildman–Crippen MR) is 95.6 cm³/mol. The molecule has 4 rings (SSSR count). The Bertz CT molecular complexity index is 900. The van der Waals surface area contributed by atoms with Crippen LogP contribution >= 0.6 is 0 Å². The molecule has 132 valence electrons. The summed E-state index contributed by atoms with van der Waals surface area (Å²) < 4.78 is 6.89. The monoisotopic (exact) mass is 349 g/mol. The summed E-state index contributed by atoms with van der Waals surface area (Å²) in [4.78, 5) is 27.0. The van der Waals surface area contributed by atoms with Crippen molar-refractivity contribution >= 4 is 11.8 Å². The van der Waals surface area contributed by atoms with Crippen LogP contribution in [0.5, 0.6) is 0 Å². The Labute approximate surface area is 151 Å². The minimum atomic E-state index is -0.204. The van der Waals surface area contributed by atoms with Gasteiger partial charge in [0.15, 0.2) is 0 Å². The number of carbonyl (C=O) groups is 2. The number of hydrogen-bond acceptors (Lipinski definition) is 3. The van der Waals surface area contributed by atoms with Crippen LogP contribution in [0.2, 0.25) is 0 Å². The van der Waals surface area contributed by atoms with E-state index < -0.39 is 0 Å². The highest BCUT2D eigenvalue weighted by Gasteiger charge is 2.32. The molecule has 2 amide bonds. The highest BCUT2D eigenvalue weighted by atomic mass is 16.3. The SMILES string of the molecule is O=C(NCC1Cn2cccc2C(=O)N1Cc1ccccc1)c1ccoc1. The van der Waals surface area contributed by atoms with Crippen LogP contribution in [0.25, 0.3) is 0 Å². The van der Waals surface area contributed by atoms with Gasteiger partial charge in [-0.15, -0.1) is 0 Å². The Morgan fingerprint density at radius 3 is 2.77 bits per heavy atom. The topological polar surface area (TPSA) is 67.5 Å². The molecule has 1 N–H and O–H groups in total. The number of aromatic nitrogens is 1. The van der Waals surface area contributed by atoms with Crippen LogP contribution < -0.4 is 5.32 Å². The van der Waals surface area contributed by atoms with Crippen LogP contribution in [0.1, 0.15) is 26.4 Å². The van der Waals surface area contributed by atoms with Gasteiger partial charge in [-0.1, -0.05) is 30.3 Å². The Kier molecular flexibility index (Phi) is 4.31. The van der Waals surface area contributed by atoms with E-state index in [2.05, 4.69) is 5.32 Å². The van der Waals surface area contributed by atoms with Crippen LogP contribution in [0.15, 0.2) is 71.7 Å². The summed E-state index contributed by atoms with van der Waals surface area (Å²) in [6.07, 6.45) is 4.78. The number of nitrogens with one attached hydrogen (secondary N) is 1. The maximum absolute atomic E-state index is 12.9. The van der Waals surface area contributed by atoms with E-state index in [0.717, 1.165) is 5.56 Å². The highest BCUT2D eigenvalue weighted by Crippen LogP contribution is 2.21. The maximum atomic E-state index is 12.9. The molecule has 0 bridgehead atoms. The van der Waals surface area contributed by atoms with Gasteiger partial charge in [0.1, 0.15) is 12.0 Å². The molecule has 1 aliphatic heterocycles. The Morgan fingerprint density at radius 2 is 2.00 bits per heavy atom. The number of carbonyl (C=O) groups excluding carboxylic acids is 2. The lowest BCUT2D eigenvalue weighted by Crippen LogP contribution is -2.52. The first kappa shape index (κ1) is 16.2. The van der Waals surface area contributed by atoms with Crippen LogP contribution in [0.3, 0.4) is 0 Å². The van der Waals surface area contributed by atoms with Gasteiger partial charge in [-0.2, -0.15) is 0 Å². The Balaban J connectivity index is 1.53. The van der Waals surface area contributed by atoms with Gasteiger partial charge < -0.3 is 19.2 Å². The van der Waals surface area contributed by atoms with Gasteiger partial charge in [0.25, 0.3) is 11.8 Å². The average Bonchev–Trinajstić information content (AvgIpc) is 3.35. The van der Waals surface area contributed by atoms with Crippen molar-refractivity contribution in [3.8, 4) is 0 Å². The first-order chi connectivity index (χ1) is 12.7. The summed E-state index contributed by atoms with van der Waals surface area (Å²) >= 11 is 0. The van der Waals surface area contributed by atoms with Gasteiger partial charge in [-0.25, -0.2) is 0 Å². The normalized spacial score (nSPS) is 16.4. The van der Waals surface area contributed by atoms with Crippen LogP contribution in [-0.2, 0) is 13.1 Å². The predicted octanol–water partition coefficient (Wildman–Crippen LogP) is 2.54. The van der Waals surface area contributed by atoms with E-state index >= 15 is 0 Å². The molecule has 26 heavy (non-hydrogen) atoms. The Hall–Kier alpha value is -3.28. The summed E-state index contributed by atoms with van der Waals surface area (Å²) in [7, 11) is 0. The van der Waals surface area contributed by atoms with Crippen molar-refractivity contribution in [3.05, 3.63) is 84.1 Å². The number of furan rings is 1. The summed E-state index contributed by atoms with van der Waals surface area (Å²) in [5.41, 5.74) is 2.22. The van der Waals surface area contributed by atoms with E-state index in [9.17, 15) is 9.59 Å². The zero-order valence-electron chi connectivity index (χ0n) is 14.2. The van der Waals surface area contributed by atoms with Gasteiger partial charge in [0.05, 0.1) is 17.9 Å². The molecule has 3 heterocycles. The molecule has 6 nitrogen and oxygen atoms in total. The molecule has 2 aromatic heterocycles. The fourth-order valence-corrected chi connectivity index (χ4v) is 3.27. The second kappa shape index (κ2) is 6.92. The van der Waals surface area contributed by atoms with Crippen molar-refractivity contribution < 1.29 is 14.0 Å². The standard InChI is InChI=1S/C20H19N3O3/c24-19(16-8-10-26-14-16)21-11-17-13-22-9-4-7-18(22)20(25)23(17)12-15-5-2-1-3-6-15/h1-10,14,17H,11-13H2,(H,21,24). The van der Waals surface area contributed by atoms with Gasteiger partial charge in [0.2, 0.25) is 0 Å². The second-order valence-corrected chi connectivity index (χ2v) is 6.34. The van der Waals surface area contributed by atoms with Crippen LogP contribution in [0, 0.1) is 0 Å². The third-order valence-corrected chi connectivity index (χ3v) is 4.64. The molecular weight excluding hydrogens is 330 g/mol. The lowest BCUT2D eigenvalue weighted by Gasteiger charge is -2.37. The number of benzene rings is 1. The van der Waals surface area contributed by atoms with Crippen LogP contribution in [-0.4, -0.2) is 33.9 Å². The molecule has 0 saturated carbocycles. The fourth-order valence-electron chi connectivity index (χ4n) is 3.27. The van der Waals surface area contributed by atoms with E-state index in [4.69, 9.17) is 4.42 Å². The van der Waals surface area contributed by atoms with Gasteiger partial charge in [-0.3, -0.25) is 9.59 Å². The lowest BCUT2D eigenvalue weighted by molar-refractivity contribution is 0.0563. The highest BCUT2D eigenvalue weighted by molar-refractivity contribution is 5.95. The summed E-state index contributed by atoms with van der Waals surface area (Å²) in [6, 6.07) is 15.1. The minimum Gasteiger partial charge on any atom is -0.472 e. The summed E-state index contributed by atoms with van der Waals surface area (Å²) in [6.45, 7) is 1.53. The van der Waals surface area contributed by atoms with Crippen molar-refractivity contribution in [2.75, 3.05) is 6.54 Å². The smallest absolute Gasteiger partial charge is 0.271 e. The maximum Gasteiger partial charge on any atom is 0.271 e. The van der Waals surface area contributed by atoms with Gasteiger partial charge in [0, 0.05) is 25.8 Å². The van der Waals surface area contributed by atoms with Crippen molar-refractivity contribution in [2.24, 2.45) is 0 Å². The molecule has 1 atom stereocenters. The zero-order chi connectivity index (χ0) is 17.9. The van der Waals surface area contributed by atoms with Crippen LogP contribution in [0.4, 0.5) is 0 Å². The molecule has 3 aromatic rings. The summed E-state index contributed by atoms with van der Waals surface area (Å²) in [5, 5.41) is 2.91. The first-order valence-electron chi connectivity index (χ1n) is 8.53. The van der Waals surface area contributed by atoms with Crippen molar-refractivity contribution in [3.63, 3.8) is 0 Å². The quantitative estimate of drug-likeness (QED) is 0.770. The number of hydrogen-bond donors (Lipinski definition) is 1. The first-order valence-corrected chi connectivity index (χ1v) is 8.53. The van der Waals surface area contributed by atoms with E-state index in [-0.39, 0.29) is 17.9 Å². The largest absolute Gasteiger partial charge is 0.472 e. The van der Waals surface area contributed by atoms with Gasteiger partial charge in [-0.05, 0) is 23.8 Å². The number of nitrogens with zero attached hydrogens (tertiary/aromatic N) is 2. The second-order valence-electron chi connectivity index (χ2n) is 6.34.